The fraction of sp³-hybridized carbons (Fsp3) is 0.333. The molecule has 4 nitrogen and oxygen atoms in total. The normalized spacial score (nSPS) is 15.0. The van der Waals surface area contributed by atoms with Gasteiger partial charge >= 0.3 is 0 Å². The van der Waals surface area contributed by atoms with Crippen LogP contribution < -0.4 is 5.32 Å². The largest absolute Gasteiger partial charge is 0.334 e. The van der Waals surface area contributed by atoms with E-state index in [1.807, 2.05) is 18.2 Å². The van der Waals surface area contributed by atoms with Crippen LogP contribution in [0.4, 0.5) is 0 Å². The number of hydrogen-bond donors (Lipinski definition) is 1. The Morgan fingerprint density at radius 2 is 2.28 bits per heavy atom. The highest BCUT2D eigenvalue weighted by molar-refractivity contribution is 14.1. The summed E-state index contributed by atoms with van der Waals surface area (Å²) in [5.41, 5.74) is 0.852. The van der Waals surface area contributed by atoms with Crippen molar-refractivity contribution in [2.75, 3.05) is 0 Å². The van der Waals surface area contributed by atoms with Crippen molar-refractivity contribution in [2.45, 2.75) is 25.4 Å². The van der Waals surface area contributed by atoms with Crippen molar-refractivity contribution in [3.8, 4) is 11.5 Å². The van der Waals surface area contributed by atoms with Crippen molar-refractivity contribution in [3.63, 3.8) is 0 Å². The summed E-state index contributed by atoms with van der Waals surface area (Å²) in [5.74, 6) is 1.20. The number of aromatic nitrogens is 2. The third-order valence-corrected chi connectivity index (χ3v) is 4.33. The molecule has 1 aromatic carbocycles. The van der Waals surface area contributed by atoms with Gasteiger partial charge in [0.1, 0.15) is 0 Å². The van der Waals surface area contributed by atoms with Crippen molar-refractivity contribution >= 4 is 34.2 Å². The topological polar surface area (TPSA) is 51.0 Å². The average molecular weight is 376 g/mol. The van der Waals surface area contributed by atoms with Gasteiger partial charge in [-0.05, 0) is 53.6 Å². The molecule has 0 aliphatic heterocycles. The van der Waals surface area contributed by atoms with Crippen molar-refractivity contribution in [3.05, 3.63) is 32.6 Å². The molecule has 0 bridgehead atoms. The van der Waals surface area contributed by atoms with E-state index < -0.39 is 0 Å². The second kappa shape index (κ2) is 5.14. The number of nitrogens with one attached hydrogen (secondary N) is 1. The molecule has 94 valence electrons. The van der Waals surface area contributed by atoms with E-state index in [0.29, 0.717) is 29.3 Å². The summed E-state index contributed by atoms with van der Waals surface area (Å²) in [5, 5.41) is 7.99. The van der Waals surface area contributed by atoms with E-state index in [0.717, 1.165) is 9.13 Å². The SMILES string of the molecule is Clc1cc(-c2nc(CNC3CC3)no2)ccc1I. The van der Waals surface area contributed by atoms with Gasteiger partial charge in [-0.3, -0.25) is 0 Å². The molecule has 1 aliphatic carbocycles. The van der Waals surface area contributed by atoms with Gasteiger partial charge in [0.15, 0.2) is 5.82 Å². The smallest absolute Gasteiger partial charge is 0.258 e. The van der Waals surface area contributed by atoms with Gasteiger partial charge in [0.05, 0.1) is 11.6 Å². The van der Waals surface area contributed by atoms with Crippen LogP contribution in [0, 0.1) is 3.57 Å². The Labute approximate surface area is 123 Å². The summed E-state index contributed by atoms with van der Waals surface area (Å²) in [6, 6.07) is 6.35. The zero-order chi connectivity index (χ0) is 12.5. The summed E-state index contributed by atoms with van der Waals surface area (Å²) in [6.07, 6.45) is 2.49. The van der Waals surface area contributed by atoms with Gasteiger partial charge in [-0.2, -0.15) is 4.98 Å². The second-order valence-electron chi connectivity index (χ2n) is 4.30. The summed E-state index contributed by atoms with van der Waals surface area (Å²) < 4.78 is 6.24. The highest BCUT2D eigenvalue weighted by atomic mass is 127. The van der Waals surface area contributed by atoms with Crippen molar-refractivity contribution < 1.29 is 4.52 Å². The van der Waals surface area contributed by atoms with Crippen LogP contribution in [0.2, 0.25) is 5.02 Å². The van der Waals surface area contributed by atoms with Crippen LogP contribution in [0.25, 0.3) is 11.5 Å². The third kappa shape index (κ3) is 2.84. The molecule has 6 heteroatoms. The maximum absolute atomic E-state index is 6.07. The van der Waals surface area contributed by atoms with Crippen LogP contribution in [0.3, 0.4) is 0 Å². The van der Waals surface area contributed by atoms with E-state index in [4.69, 9.17) is 16.1 Å². The average Bonchev–Trinajstić information content (AvgIpc) is 3.08. The Balaban J connectivity index is 1.76. The lowest BCUT2D eigenvalue weighted by Crippen LogP contribution is -2.16. The van der Waals surface area contributed by atoms with Gasteiger partial charge in [0, 0.05) is 15.2 Å². The molecule has 18 heavy (non-hydrogen) atoms. The first-order valence-corrected chi connectivity index (χ1v) is 7.19. The number of halogens is 2. The molecule has 0 amide bonds. The molecule has 0 unspecified atom stereocenters. The Bertz CT molecular complexity index is 568. The molecule has 0 saturated heterocycles. The number of benzene rings is 1. The van der Waals surface area contributed by atoms with E-state index in [2.05, 4.69) is 38.0 Å². The van der Waals surface area contributed by atoms with Crippen LogP contribution in [0.5, 0.6) is 0 Å². The van der Waals surface area contributed by atoms with Gasteiger partial charge in [0.25, 0.3) is 5.89 Å². The molecule has 0 spiro atoms. The van der Waals surface area contributed by atoms with E-state index in [-0.39, 0.29) is 0 Å². The van der Waals surface area contributed by atoms with Crippen LogP contribution in [-0.2, 0) is 6.54 Å². The molecular weight excluding hydrogens is 365 g/mol. The number of rotatable bonds is 4. The monoisotopic (exact) mass is 375 g/mol. The first kappa shape index (κ1) is 12.4. The van der Waals surface area contributed by atoms with E-state index >= 15 is 0 Å². The predicted molar refractivity (Wildman–Crippen MR) is 77.3 cm³/mol. The van der Waals surface area contributed by atoms with E-state index in [9.17, 15) is 0 Å². The minimum absolute atomic E-state index is 0.515. The van der Waals surface area contributed by atoms with Crippen molar-refractivity contribution in [1.29, 1.82) is 0 Å². The Kier molecular flexibility index (Phi) is 3.54. The number of hydrogen-bond acceptors (Lipinski definition) is 4. The first-order chi connectivity index (χ1) is 8.72. The third-order valence-electron chi connectivity index (χ3n) is 2.76. The molecule has 1 aliphatic rings. The maximum atomic E-state index is 6.07. The van der Waals surface area contributed by atoms with Crippen LogP contribution in [0.1, 0.15) is 18.7 Å². The van der Waals surface area contributed by atoms with E-state index in [1.54, 1.807) is 0 Å². The zero-order valence-corrected chi connectivity index (χ0v) is 12.4. The Morgan fingerprint density at radius 3 is 3.00 bits per heavy atom. The summed E-state index contributed by atoms with van der Waals surface area (Å²) in [6.45, 7) is 0.659. The van der Waals surface area contributed by atoms with Gasteiger partial charge in [-0.25, -0.2) is 0 Å². The summed E-state index contributed by atoms with van der Waals surface area (Å²) in [4.78, 5) is 4.35. The highest BCUT2D eigenvalue weighted by Gasteiger charge is 2.21. The molecule has 3 rings (SSSR count). The predicted octanol–water partition coefficient (Wildman–Crippen LogP) is 3.25. The van der Waals surface area contributed by atoms with Gasteiger partial charge in [0.2, 0.25) is 0 Å². The summed E-state index contributed by atoms with van der Waals surface area (Å²) >= 11 is 8.26. The van der Waals surface area contributed by atoms with Crippen LogP contribution in [-0.4, -0.2) is 16.2 Å². The van der Waals surface area contributed by atoms with E-state index in [1.165, 1.54) is 12.8 Å². The maximum Gasteiger partial charge on any atom is 0.258 e. The molecule has 1 N–H and O–H groups in total. The molecule has 0 atom stereocenters. The quantitative estimate of drug-likeness (QED) is 0.834. The van der Waals surface area contributed by atoms with Crippen molar-refractivity contribution in [2.24, 2.45) is 0 Å². The fourth-order valence-electron chi connectivity index (χ4n) is 1.60. The van der Waals surface area contributed by atoms with Crippen LogP contribution >= 0.6 is 34.2 Å². The molecule has 1 heterocycles. The Hall–Kier alpha value is -0.660. The zero-order valence-electron chi connectivity index (χ0n) is 9.49. The van der Waals surface area contributed by atoms with Gasteiger partial charge in [-0.15, -0.1) is 0 Å². The lowest BCUT2D eigenvalue weighted by Gasteiger charge is -1.97. The minimum Gasteiger partial charge on any atom is -0.334 e. The molecular formula is C12H11ClIN3O. The number of nitrogens with zero attached hydrogens (tertiary/aromatic N) is 2. The fourth-order valence-corrected chi connectivity index (χ4v) is 2.11. The van der Waals surface area contributed by atoms with Crippen LogP contribution in [0.15, 0.2) is 22.7 Å². The highest BCUT2D eigenvalue weighted by Crippen LogP contribution is 2.25. The molecule has 1 fully saturated rings. The lowest BCUT2D eigenvalue weighted by molar-refractivity contribution is 0.419. The standard InChI is InChI=1S/C12H11ClIN3O/c13-9-5-7(1-4-10(9)14)12-16-11(17-18-12)6-15-8-2-3-8/h1,4-5,8,15H,2-3,6H2. The first-order valence-electron chi connectivity index (χ1n) is 5.74. The second-order valence-corrected chi connectivity index (χ2v) is 5.87. The summed E-state index contributed by atoms with van der Waals surface area (Å²) in [7, 11) is 0. The van der Waals surface area contributed by atoms with Gasteiger partial charge < -0.3 is 9.84 Å². The molecule has 1 aromatic heterocycles. The minimum atomic E-state index is 0.515. The molecule has 1 saturated carbocycles. The molecule has 2 aromatic rings. The lowest BCUT2D eigenvalue weighted by atomic mass is 10.2. The van der Waals surface area contributed by atoms with Gasteiger partial charge in [-0.1, -0.05) is 16.8 Å². The Morgan fingerprint density at radius 1 is 1.44 bits per heavy atom. The molecule has 0 radical (unpaired) electrons. The van der Waals surface area contributed by atoms with Crippen molar-refractivity contribution in [1.82, 2.24) is 15.5 Å².